The van der Waals surface area contributed by atoms with Crippen LogP contribution in [-0.2, 0) is 4.79 Å². The van der Waals surface area contributed by atoms with Crippen molar-refractivity contribution in [2.75, 3.05) is 26.1 Å². The maximum Gasteiger partial charge on any atom is 0.335 e. The lowest BCUT2D eigenvalue weighted by Crippen LogP contribution is -2.13. The maximum atomic E-state index is 11.6. The van der Waals surface area contributed by atoms with E-state index in [1.165, 1.54) is 0 Å². The van der Waals surface area contributed by atoms with Gasteiger partial charge in [-0.05, 0) is 0 Å². The fourth-order valence-corrected chi connectivity index (χ4v) is 2.05. The highest BCUT2D eigenvalue weighted by molar-refractivity contribution is 6.00. The molecule has 0 atom stereocenters. The van der Waals surface area contributed by atoms with Crippen LogP contribution in [0.25, 0.3) is 10.8 Å². The van der Waals surface area contributed by atoms with Gasteiger partial charge in [-0.15, -0.1) is 0 Å². The number of ether oxygens (including phenoxy) is 2. The van der Waals surface area contributed by atoms with Gasteiger partial charge in [0.1, 0.15) is 5.75 Å². The summed E-state index contributed by atoms with van der Waals surface area (Å²) in [4.78, 5) is 13.4. The van der Waals surface area contributed by atoms with Gasteiger partial charge in [0, 0.05) is 37.0 Å². The van der Waals surface area contributed by atoms with Crippen LogP contribution < -0.4 is 14.4 Å². The van der Waals surface area contributed by atoms with Crippen molar-refractivity contribution in [2.24, 2.45) is 0 Å². The molecular formula is C16H17NO3. The number of carbonyl (C=O) groups excluding carboxylic acids is 1. The third-order valence-electron chi connectivity index (χ3n) is 3.01. The Labute approximate surface area is 118 Å². The lowest BCUT2D eigenvalue weighted by molar-refractivity contribution is -0.128. The molecule has 0 fully saturated rings. The second-order valence-electron chi connectivity index (χ2n) is 4.49. The third kappa shape index (κ3) is 2.45. The van der Waals surface area contributed by atoms with Gasteiger partial charge < -0.3 is 14.4 Å². The Kier molecular flexibility index (Phi) is 3.94. The number of nitrogens with zero attached hydrogens (tertiary/aromatic N) is 1. The highest BCUT2D eigenvalue weighted by Crippen LogP contribution is 2.41. The van der Waals surface area contributed by atoms with E-state index < -0.39 is 5.97 Å². The maximum absolute atomic E-state index is 11.6. The second-order valence-corrected chi connectivity index (χ2v) is 4.49. The Hall–Kier alpha value is -2.49. The summed E-state index contributed by atoms with van der Waals surface area (Å²) < 4.78 is 10.8. The van der Waals surface area contributed by atoms with Crippen molar-refractivity contribution in [3.05, 3.63) is 43.0 Å². The van der Waals surface area contributed by atoms with Crippen molar-refractivity contribution in [3.63, 3.8) is 0 Å². The Morgan fingerprint density at radius 2 is 1.90 bits per heavy atom. The quantitative estimate of drug-likeness (QED) is 0.487. The smallest absolute Gasteiger partial charge is 0.335 e. The number of esters is 1. The molecule has 0 bridgehead atoms. The Morgan fingerprint density at radius 1 is 1.25 bits per heavy atom. The molecule has 0 saturated heterocycles. The van der Waals surface area contributed by atoms with E-state index in [2.05, 4.69) is 6.58 Å². The number of anilines is 1. The Bertz CT molecular complexity index is 662. The van der Waals surface area contributed by atoms with Crippen molar-refractivity contribution in [1.29, 1.82) is 0 Å². The van der Waals surface area contributed by atoms with Gasteiger partial charge in [0.05, 0.1) is 12.8 Å². The number of hydrogen-bond donors (Lipinski definition) is 0. The molecule has 2 aromatic carbocycles. The van der Waals surface area contributed by atoms with Gasteiger partial charge in [-0.3, -0.25) is 0 Å². The summed E-state index contributed by atoms with van der Waals surface area (Å²) in [7, 11) is 5.39. The van der Waals surface area contributed by atoms with E-state index in [9.17, 15) is 4.79 Å². The Balaban J connectivity index is 2.76. The van der Waals surface area contributed by atoms with Gasteiger partial charge in [0.25, 0.3) is 0 Å². The normalized spacial score (nSPS) is 10.2. The average Bonchev–Trinajstić information content (AvgIpc) is 2.46. The van der Waals surface area contributed by atoms with Crippen molar-refractivity contribution < 1.29 is 14.3 Å². The van der Waals surface area contributed by atoms with Gasteiger partial charge in [-0.1, -0.05) is 30.8 Å². The van der Waals surface area contributed by atoms with Gasteiger partial charge in [0.15, 0.2) is 5.75 Å². The molecule has 0 aromatic heterocycles. The topological polar surface area (TPSA) is 38.8 Å². The van der Waals surface area contributed by atoms with Gasteiger partial charge in [-0.2, -0.15) is 0 Å². The summed E-state index contributed by atoms with van der Waals surface area (Å²) in [6.45, 7) is 3.43. The first kappa shape index (κ1) is 13.9. The van der Waals surface area contributed by atoms with E-state index in [1.54, 1.807) is 7.11 Å². The largest absolute Gasteiger partial charge is 0.496 e. The first-order valence-electron chi connectivity index (χ1n) is 6.19. The summed E-state index contributed by atoms with van der Waals surface area (Å²) >= 11 is 0. The highest BCUT2D eigenvalue weighted by Gasteiger charge is 2.17. The van der Waals surface area contributed by atoms with Crippen LogP contribution >= 0.6 is 0 Å². The number of carbonyl (C=O) groups is 1. The van der Waals surface area contributed by atoms with E-state index in [4.69, 9.17) is 9.47 Å². The summed E-state index contributed by atoms with van der Waals surface area (Å²) in [5.74, 6) is 0.766. The van der Waals surface area contributed by atoms with Crippen LogP contribution in [0.4, 0.5) is 5.69 Å². The standard InChI is InChI=1S/C16H17NO3/c1-5-15(18)20-16-12-9-7-6-8-11(12)14(19-4)10-13(16)17(2)3/h5-10H,1H2,2-4H3. The van der Waals surface area contributed by atoms with Crippen molar-refractivity contribution in [3.8, 4) is 11.5 Å². The van der Waals surface area contributed by atoms with Crippen LogP contribution in [0, 0.1) is 0 Å². The molecule has 0 spiro atoms. The van der Waals surface area contributed by atoms with E-state index in [0.717, 1.165) is 28.3 Å². The zero-order chi connectivity index (χ0) is 14.7. The van der Waals surface area contributed by atoms with Crippen LogP contribution in [0.3, 0.4) is 0 Å². The Morgan fingerprint density at radius 3 is 2.45 bits per heavy atom. The minimum absolute atomic E-state index is 0.483. The fourth-order valence-electron chi connectivity index (χ4n) is 2.05. The molecule has 104 valence electrons. The molecular weight excluding hydrogens is 254 g/mol. The highest BCUT2D eigenvalue weighted by atomic mass is 16.5. The minimum Gasteiger partial charge on any atom is -0.496 e. The lowest BCUT2D eigenvalue weighted by atomic mass is 10.1. The van der Waals surface area contributed by atoms with Crippen LogP contribution in [0.2, 0.25) is 0 Å². The molecule has 0 N–H and O–H groups in total. The SMILES string of the molecule is C=CC(=O)Oc1c(N(C)C)cc(OC)c2ccccc12. The van der Waals surface area contributed by atoms with Crippen LogP contribution in [-0.4, -0.2) is 27.2 Å². The van der Waals surface area contributed by atoms with Crippen LogP contribution in [0.1, 0.15) is 0 Å². The monoisotopic (exact) mass is 271 g/mol. The molecule has 0 aliphatic carbocycles. The molecule has 0 amide bonds. The number of fused-ring (bicyclic) bond motifs is 1. The van der Waals surface area contributed by atoms with Crippen LogP contribution in [0.15, 0.2) is 43.0 Å². The van der Waals surface area contributed by atoms with E-state index >= 15 is 0 Å². The molecule has 0 saturated carbocycles. The molecule has 4 heteroatoms. The first-order chi connectivity index (χ1) is 9.58. The molecule has 0 heterocycles. The van der Waals surface area contributed by atoms with Crippen molar-refractivity contribution >= 4 is 22.4 Å². The predicted molar refractivity (Wildman–Crippen MR) is 80.7 cm³/mol. The minimum atomic E-state index is -0.483. The molecule has 0 unspecified atom stereocenters. The predicted octanol–water partition coefficient (Wildman–Crippen LogP) is 3.01. The number of rotatable bonds is 4. The summed E-state index contributed by atoms with van der Waals surface area (Å²) in [5.41, 5.74) is 0.774. The zero-order valence-electron chi connectivity index (χ0n) is 11.8. The average molecular weight is 271 g/mol. The zero-order valence-corrected chi connectivity index (χ0v) is 11.8. The summed E-state index contributed by atoms with van der Waals surface area (Å²) in [5, 5.41) is 1.72. The fraction of sp³-hybridized carbons (Fsp3) is 0.188. The molecule has 0 radical (unpaired) electrons. The lowest BCUT2D eigenvalue weighted by Gasteiger charge is -2.20. The molecule has 0 aliphatic heterocycles. The number of methoxy groups -OCH3 is 1. The van der Waals surface area contributed by atoms with E-state index in [0.29, 0.717) is 5.75 Å². The van der Waals surface area contributed by atoms with Gasteiger partial charge >= 0.3 is 5.97 Å². The first-order valence-corrected chi connectivity index (χ1v) is 6.19. The summed E-state index contributed by atoms with van der Waals surface area (Å²) in [6, 6.07) is 9.50. The van der Waals surface area contributed by atoms with Crippen molar-refractivity contribution in [1.82, 2.24) is 0 Å². The summed E-state index contributed by atoms with van der Waals surface area (Å²) in [6.07, 6.45) is 1.15. The number of benzene rings is 2. The molecule has 0 aliphatic rings. The van der Waals surface area contributed by atoms with Crippen LogP contribution in [0.5, 0.6) is 11.5 Å². The molecule has 20 heavy (non-hydrogen) atoms. The van der Waals surface area contributed by atoms with Crippen molar-refractivity contribution in [2.45, 2.75) is 0 Å². The van der Waals surface area contributed by atoms with E-state index in [1.807, 2.05) is 49.3 Å². The van der Waals surface area contributed by atoms with Gasteiger partial charge in [-0.25, -0.2) is 4.79 Å². The second kappa shape index (κ2) is 5.65. The molecule has 4 nitrogen and oxygen atoms in total. The van der Waals surface area contributed by atoms with E-state index in [-0.39, 0.29) is 0 Å². The third-order valence-corrected chi connectivity index (χ3v) is 3.01. The number of hydrogen-bond acceptors (Lipinski definition) is 4. The molecule has 2 rings (SSSR count). The van der Waals surface area contributed by atoms with Gasteiger partial charge in [0.2, 0.25) is 0 Å². The molecule has 2 aromatic rings.